The van der Waals surface area contributed by atoms with Crippen LogP contribution >= 0.6 is 0 Å². The molecule has 0 saturated carbocycles. The van der Waals surface area contributed by atoms with Crippen molar-refractivity contribution in [2.45, 2.75) is 19.7 Å². The number of carbonyl (C=O) groups excluding carboxylic acids is 1. The van der Waals surface area contributed by atoms with Crippen LogP contribution in [0.3, 0.4) is 0 Å². The van der Waals surface area contributed by atoms with E-state index in [2.05, 4.69) is 5.10 Å². The van der Waals surface area contributed by atoms with Gasteiger partial charge in [-0.2, -0.15) is 5.10 Å². The van der Waals surface area contributed by atoms with Gasteiger partial charge in [-0.3, -0.25) is 9.48 Å². The summed E-state index contributed by atoms with van der Waals surface area (Å²) in [7, 11) is 0. The molecule has 5 nitrogen and oxygen atoms in total. The molecule has 0 fully saturated rings. The first-order valence-corrected chi connectivity index (χ1v) is 8.47. The highest BCUT2D eigenvalue weighted by Crippen LogP contribution is 2.18. The van der Waals surface area contributed by atoms with E-state index in [1.165, 1.54) is 12.1 Å². The summed E-state index contributed by atoms with van der Waals surface area (Å²) in [6, 6.07) is 17.2. The summed E-state index contributed by atoms with van der Waals surface area (Å²) in [4.78, 5) is 14.4. The van der Waals surface area contributed by atoms with Gasteiger partial charge < -0.3 is 9.64 Å². The van der Waals surface area contributed by atoms with Crippen LogP contribution in [0.5, 0.6) is 5.75 Å². The summed E-state index contributed by atoms with van der Waals surface area (Å²) in [6.45, 7) is 2.04. The molecule has 3 aromatic rings. The van der Waals surface area contributed by atoms with Gasteiger partial charge >= 0.3 is 0 Å². The second-order valence-electron chi connectivity index (χ2n) is 6.19. The number of benzene rings is 2. The molecule has 1 aromatic heterocycles. The van der Waals surface area contributed by atoms with E-state index >= 15 is 0 Å². The van der Waals surface area contributed by atoms with Crippen LogP contribution in [0.15, 0.2) is 60.7 Å². The van der Waals surface area contributed by atoms with Gasteiger partial charge in [-0.15, -0.1) is 0 Å². The predicted octanol–water partition coefficient (Wildman–Crippen LogP) is 3.26. The zero-order chi connectivity index (χ0) is 17.9. The van der Waals surface area contributed by atoms with Gasteiger partial charge in [0.1, 0.15) is 23.9 Å². The first kappa shape index (κ1) is 16.3. The third-order valence-electron chi connectivity index (χ3n) is 4.34. The predicted molar refractivity (Wildman–Crippen MR) is 94.1 cm³/mol. The number of hydrogen-bond donors (Lipinski definition) is 0. The van der Waals surface area contributed by atoms with Crippen molar-refractivity contribution >= 4 is 5.91 Å². The van der Waals surface area contributed by atoms with Crippen LogP contribution in [-0.4, -0.2) is 27.1 Å². The molecule has 1 amide bonds. The molecule has 6 heteroatoms. The second-order valence-corrected chi connectivity index (χ2v) is 6.19. The maximum absolute atomic E-state index is 13.2. The maximum Gasteiger partial charge on any atom is 0.254 e. The van der Waals surface area contributed by atoms with E-state index in [1.807, 2.05) is 46.0 Å². The topological polar surface area (TPSA) is 47.4 Å². The van der Waals surface area contributed by atoms with Crippen molar-refractivity contribution in [1.29, 1.82) is 0 Å². The Kier molecular flexibility index (Phi) is 4.39. The fourth-order valence-electron chi connectivity index (χ4n) is 3.05. The largest absolute Gasteiger partial charge is 0.487 e. The van der Waals surface area contributed by atoms with Crippen molar-refractivity contribution in [3.63, 3.8) is 0 Å². The van der Waals surface area contributed by atoms with Gasteiger partial charge in [0.15, 0.2) is 0 Å². The molecule has 2 heterocycles. The average Bonchev–Trinajstić information content (AvgIpc) is 3.08. The Morgan fingerprint density at radius 3 is 2.73 bits per heavy atom. The Bertz CT molecular complexity index is 924. The zero-order valence-electron chi connectivity index (χ0n) is 14.1. The molecule has 26 heavy (non-hydrogen) atoms. The molecule has 0 aliphatic carbocycles. The SMILES string of the molecule is O=C(c1ccccc1)N1CCn2nc(COc3cccc(F)c3)cc2C1. The molecule has 0 atom stereocenters. The van der Waals surface area contributed by atoms with Gasteiger partial charge in [0.25, 0.3) is 5.91 Å². The van der Waals surface area contributed by atoms with E-state index in [0.29, 0.717) is 30.9 Å². The van der Waals surface area contributed by atoms with E-state index in [1.54, 1.807) is 12.1 Å². The van der Waals surface area contributed by atoms with Gasteiger partial charge in [-0.25, -0.2) is 4.39 Å². The number of amides is 1. The van der Waals surface area contributed by atoms with Gasteiger partial charge in [-0.05, 0) is 30.3 Å². The number of hydrogen-bond acceptors (Lipinski definition) is 3. The lowest BCUT2D eigenvalue weighted by molar-refractivity contribution is 0.0706. The number of carbonyl (C=O) groups is 1. The van der Waals surface area contributed by atoms with Crippen molar-refractivity contribution in [2.24, 2.45) is 0 Å². The lowest BCUT2D eigenvalue weighted by Gasteiger charge is -2.27. The van der Waals surface area contributed by atoms with E-state index in [4.69, 9.17) is 4.74 Å². The molecule has 2 aromatic carbocycles. The average molecular weight is 351 g/mol. The fraction of sp³-hybridized carbons (Fsp3) is 0.200. The van der Waals surface area contributed by atoms with Gasteiger partial charge in [-0.1, -0.05) is 24.3 Å². The number of aromatic nitrogens is 2. The molecule has 4 rings (SSSR count). The van der Waals surface area contributed by atoms with Crippen LogP contribution in [0.4, 0.5) is 4.39 Å². The van der Waals surface area contributed by atoms with Gasteiger partial charge in [0, 0.05) is 18.2 Å². The van der Waals surface area contributed by atoms with Crippen molar-refractivity contribution in [3.8, 4) is 5.75 Å². The first-order chi connectivity index (χ1) is 12.7. The molecule has 0 N–H and O–H groups in total. The Morgan fingerprint density at radius 1 is 1.08 bits per heavy atom. The van der Waals surface area contributed by atoms with Crippen LogP contribution < -0.4 is 4.74 Å². The summed E-state index contributed by atoms with van der Waals surface area (Å²) in [5, 5.41) is 4.51. The van der Waals surface area contributed by atoms with Crippen LogP contribution in [-0.2, 0) is 19.7 Å². The lowest BCUT2D eigenvalue weighted by Crippen LogP contribution is -2.38. The second kappa shape index (κ2) is 7.00. The molecule has 0 radical (unpaired) electrons. The van der Waals surface area contributed by atoms with Gasteiger partial charge in [0.05, 0.1) is 18.8 Å². The summed E-state index contributed by atoms with van der Waals surface area (Å²) < 4.78 is 20.7. The molecular weight excluding hydrogens is 333 g/mol. The smallest absolute Gasteiger partial charge is 0.254 e. The summed E-state index contributed by atoms with van der Waals surface area (Å²) in [6.07, 6.45) is 0. The molecule has 0 bridgehead atoms. The zero-order valence-corrected chi connectivity index (χ0v) is 14.1. The number of ether oxygens (including phenoxy) is 1. The molecule has 0 spiro atoms. The quantitative estimate of drug-likeness (QED) is 0.725. The third-order valence-corrected chi connectivity index (χ3v) is 4.34. The normalized spacial score (nSPS) is 13.3. The van der Waals surface area contributed by atoms with E-state index in [0.717, 1.165) is 11.4 Å². The van der Waals surface area contributed by atoms with Crippen LogP contribution in [0, 0.1) is 5.82 Å². The van der Waals surface area contributed by atoms with Crippen molar-refractivity contribution in [2.75, 3.05) is 6.54 Å². The Balaban J connectivity index is 1.43. The van der Waals surface area contributed by atoms with Crippen LogP contribution in [0.2, 0.25) is 0 Å². The Labute approximate surface area is 150 Å². The maximum atomic E-state index is 13.2. The van der Waals surface area contributed by atoms with Crippen molar-refractivity contribution in [1.82, 2.24) is 14.7 Å². The minimum atomic E-state index is -0.332. The molecule has 1 aliphatic heterocycles. The van der Waals surface area contributed by atoms with E-state index < -0.39 is 0 Å². The number of nitrogens with zero attached hydrogens (tertiary/aromatic N) is 3. The lowest BCUT2D eigenvalue weighted by atomic mass is 10.2. The Morgan fingerprint density at radius 2 is 1.92 bits per heavy atom. The summed E-state index contributed by atoms with van der Waals surface area (Å²) in [5.41, 5.74) is 2.42. The number of halogens is 1. The molecule has 1 aliphatic rings. The van der Waals surface area contributed by atoms with Crippen molar-refractivity contribution < 1.29 is 13.9 Å². The third kappa shape index (κ3) is 3.44. The molecule has 132 valence electrons. The summed E-state index contributed by atoms with van der Waals surface area (Å²) in [5.74, 6) is 0.161. The summed E-state index contributed by atoms with van der Waals surface area (Å²) >= 11 is 0. The minimum absolute atomic E-state index is 0.0237. The number of rotatable bonds is 4. The molecule has 0 saturated heterocycles. The molecular formula is C20H18FN3O2. The fourth-order valence-corrected chi connectivity index (χ4v) is 3.05. The monoisotopic (exact) mass is 351 g/mol. The number of fused-ring (bicyclic) bond motifs is 1. The highest BCUT2D eigenvalue weighted by atomic mass is 19.1. The first-order valence-electron chi connectivity index (χ1n) is 8.47. The Hall–Kier alpha value is -3.15. The molecule has 0 unspecified atom stereocenters. The van der Waals surface area contributed by atoms with E-state index in [-0.39, 0.29) is 18.3 Å². The van der Waals surface area contributed by atoms with E-state index in [9.17, 15) is 9.18 Å². The standard InChI is InChI=1S/C20H18FN3O2/c21-16-7-4-8-19(11-16)26-14-17-12-18-13-23(9-10-24(18)22-17)20(25)15-5-2-1-3-6-15/h1-8,11-12H,9-10,13-14H2. The van der Waals surface area contributed by atoms with Crippen molar-refractivity contribution in [3.05, 3.63) is 83.4 Å². The highest BCUT2D eigenvalue weighted by molar-refractivity contribution is 5.94. The minimum Gasteiger partial charge on any atom is -0.487 e. The van der Waals surface area contributed by atoms with Gasteiger partial charge in [0.2, 0.25) is 0 Å². The van der Waals surface area contributed by atoms with Crippen LogP contribution in [0.1, 0.15) is 21.7 Å². The van der Waals surface area contributed by atoms with Crippen LogP contribution in [0.25, 0.3) is 0 Å². The highest BCUT2D eigenvalue weighted by Gasteiger charge is 2.23.